The van der Waals surface area contributed by atoms with E-state index in [9.17, 15) is 22.4 Å². The fraction of sp³-hybridized carbons (Fsp3) is 0.300. The van der Waals surface area contributed by atoms with Gasteiger partial charge in [0.05, 0.1) is 11.9 Å². The van der Waals surface area contributed by atoms with Crippen LogP contribution in [0.5, 0.6) is 0 Å². The molecule has 0 aliphatic heterocycles. The lowest BCUT2D eigenvalue weighted by Crippen LogP contribution is -2.50. The van der Waals surface area contributed by atoms with E-state index in [2.05, 4.69) is 5.32 Å². The summed E-state index contributed by atoms with van der Waals surface area (Å²) in [5.74, 6) is -1.59. The average Bonchev–Trinajstić information content (AvgIpc) is 2.69. The highest BCUT2D eigenvalue weighted by Gasteiger charge is 2.30. The standard InChI is InChI=1S/C20H24FN3O4S/c1-15(20(26)22-2)23(13-16-9-7-8-12-18(16)21)19(25)14-24(29(3,27)28)17-10-5-4-6-11-17/h4-12,15H,13-14H2,1-3H3,(H,22,26)/t15-/m1/s1. The zero-order valence-corrected chi connectivity index (χ0v) is 17.3. The van der Waals surface area contributed by atoms with E-state index in [1.54, 1.807) is 36.4 Å². The first kappa shape index (κ1) is 22.4. The monoisotopic (exact) mass is 421 g/mol. The molecule has 0 aromatic heterocycles. The lowest BCUT2D eigenvalue weighted by molar-refractivity contribution is -0.139. The summed E-state index contributed by atoms with van der Waals surface area (Å²) in [7, 11) is -2.34. The first-order chi connectivity index (χ1) is 13.6. The molecule has 2 aromatic carbocycles. The molecular weight excluding hydrogens is 397 g/mol. The van der Waals surface area contributed by atoms with Crippen LogP contribution < -0.4 is 9.62 Å². The second kappa shape index (κ2) is 9.51. The summed E-state index contributed by atoms with van der Waals surface area (Å²) in [4.78, 5) is 26.4. The first-order valence-electron chi connectivity index (χ1n) is 8.92. The second-order valence-electron chi connectivity index (χ2n) is 6.51. The molecule has 0 saturated heterocycles. The van der Waals surface area contributed by atoms with Gasteiger partial charge in [-0.25, -0.2) is 12.8 Å². The van der Waals surface area contributed by atoms with E-state index in [0.29, 0.717) is 5.69 Å². The summed E-state index contributed by atoms with van der Waals surface area (Å²) in [6.07, 6.45) is 0.997. The third kappa shape index (κ3) is 5.77. The maximum absolute atomic E-state index is 14.1. The predicted molar refractivity (Wildman–Crippen MR) is 109 cm³/mol. The van der Waals surface area contributed by atoms with Gasteiger partial charge in [-0.3, -0.25) is 13.9 Å². The number of anilines is 1. The van der Waals surface area contributed by atoms with E-state index < -0.39 is 40.2 Å². The predicted octanol–water partition coefficient (Wildman–Crippen LogP) is 1.75. The van der Waals surface area contributed by atoms with Crippen molar-refractivity contribution in [3.05, 3.63) is 66.0 Å². The van der Waals surface area contributed by atoms with E-state index in [0.717, 1.165) is 10.6 Å². The number of hydrogen-bond acceptors (Lipinski definition) is 4. The zero-order chi connectivity index (χ0) is 21.6. The molecule has 7 nitrogen and oxygen atoms in total. The number of amides is 2. The van der Waals surface area contributed by atoms with Crippen LogP contribution in [-0.4, -0.2) is 51.0 Å². The van der Waals surface area contributed by atoms with Crippen molar-refractivity contribution >= 4 is 27.5 Å². The Morgan fingerprint density at radius 1 is 1.07 bits per heavy atom. The molecular formula is C20H24FN3O4S. The molecule has 0 aliphatic carbocycles. The van der Waals surface area contributed by atoms with Crippen molar-refractivity contribution in [3.8, 4) is 0 Å². The number of sulfonamides is 1. The topological polar surface area (TPSA) is 86.8 Å². The van der Waals surface area contributed by atoms with E-state index in [-0.39, 0.29) is 12.1 Å². The van der Waals surface area contributed by atoms with Gasteiger partial charge >= 0.3 is 0 Å². The molecule has 0 bridgehead atoms. The Kier molecular flexibility index (Phi) is 7.33. The van der Waals surface area contributed by atoms with Gasteiger partial charge in [-0.05, 0) is 25.1 Å². The normalized spacial score (nSPS) is 12.1. The molecule has 0 unspecified atom stereocenters. The summed E-state index contributed by atoms with van der Waals surface area (Å²) < 4.78 is 39.6. The Morgan fingerprint density at radius 3 is 2.21 bits per heavy atom. The minimum atomic E-state index is -3.77. The van der Waals surface area contributed by atoms with Gasteiger partial charge in [0.15, 0.2) is 0 Å². The number of hydrogen-bond donors (Lipinski definition) is 1. The Hall–Kier alpha value is -2.94. The maximum Gasteiger partial charge on any atom is 0.244 e. The Bertz CT molecular complexity index is 967. The van der Waals surface area contributed by atoms with Crippen LogP contribution in [0.3, 0.4) is 0 Å². The number of carbonyl (C=O) groups excluding carboxylic acids is 2. The molecule has 0 spiro atoms. The molecule has 2 aromatic rings. The van der Waals surface area contributed by atoms with Crippen LogP contribution in [0.15, 0.2) is 54.6 Å². The summed E-state index contributed by atoms with van der Waals surface area (Å²) in [6.45, 7) is 0.815. The van der Waals surface area contributed by atoms with Crippen molar-refractivity contribution in [1.82, 2.24) is 10.2 Å². The van der Waals surface area contributed by atoms with E-state index in [1.807, 2.05) is 0 Å². The Balaban J connectivity index is 2.37. The average molecular weight is 421 g/mol. The molecule has 1 N–H and O–H groups in total. The van der Waals surface area contributed by atoms with Crippen molar-refractivity contribution in [3.63, 3.8) is 0 Å². The molecule has 0 radical (unpaired) electrons. The van der Waals surface area contributed by atoms with Crippen LogP contribution in [0, 0.1) is 5.82 Å². The summed E-state index contributed by atoms with van der Waals surface area (Å²) >= 11 is 0. The van der Waals surface area contributed by atoms with Gasteiger partial charge in [-0.15, -0.1) is 0 Å². The SMILES string of the molecule is CNC(=O)[C@@H](C)N(Cc1ccccc1F)C(=O)CN(c1ccccc1)S(C)(=O)=O. The Morgan fingerprint density at radius 2 is 1.66 bits per heavy atom. The van der Waals surface area contributed by atoms with Crippen LogP contribution in [0.4, 0.5) is 10.1 Å². The van der Waals surface area contributed by atoms with Crippen LogP contribution in [-0.2, 0) is 26.2 Å². The summed E-state index contributed by atoms with van der Waals surface area (Å²) in [5.41, 5.74) is 0.545. The highest BCUT2D eigenvalue weighted by molar-refractivity contribution is 7.92. The van der Waals surface area contributed by atoms with Crippen LogP contribution in [0.25, 0.3) is 0 Å². The molecule has 0 heterocycles. The number of benzene rings is 2. The van der Waals surface area contributed by atoms with Gasteiger partial charge in [-0.2, -0.15) is 0 Å². The highest BCUT2D eigenvalue weighted by atomic mass is 32.2. The molecule has 29 heavy (non-hydrogen) atoms. The number of nitrogens with one attached hydrogen (secondary N) is 1. The van der Waals surface area contributed by atoms with Crippen molar-refractivity contribution in [1.29, 1.82) is 0 Å². The van der Waals surface area contributed by atoms with Crippen LogP contribution in [0.2, 0.25) is 0 Å². The number of halogens is 1. The molecule has 9 heteroatoms. The molecule has 156 valence electrons. The van der Waals surface area contributed by atoms with Crippen molar-refractivity contribution in [2.45, 2.75) is 19.5 Å². The number of rotatable bonds is 8. The second-order valence-corrected chi connectivity index (χ2v) is 8.42. The molecule has 0 aliphatic rings. The van der Waals surface area contributed by atoms with Gasteiger partial charge < -0.3 is 10.2 Å². The summed E-state index contributed by atoms with van der Waals surface area (Å²) in [6, 6.07) is 13.2. The lowest BCUT2D eigenvalue weighted by atomic mass is 10.1. The van der Waals surface area contributed by atoms with Gasteiger partial charge in [0.1, 0.15) is 18.4 Å². The Labute approximate surface area is 170 Å². The molecule has 0 saturated carbocycles. The van der Waals surface area contributed by atoms with Gasteiger partial charge in [-0.1, -0.05) is 36.4 Å². The van der Waals surface area contributed by atoms with Gasteiger partial charge in [0.2, 0.25) is 21.8 Å². The third-order valence-electron chi connectivity index (χ3n) is 4.44. The van der Waals surface area contributed by atoms with Crippen LogP contribution in [0.1, 0.15) is 12.5 Å². The van der Waals surface area contributed by atoms with E-state index in [1.165, 1.54) is 37.1 Å². The lowest BCUT2D eigenvalue weighted by Gasteiger charge is -2.31. The smallest absolute Gasteiger partial charge is 0.244 e. The quantitative estimate of drug-likeness (QED) is 0.704. The molecule has 2 amide bonds. The largest absolute Gasteiger partial charge is 0.357 e. The van der Waals surface area contributed by atoms with Crippen molar-refractivity contribution in [2.24, 2.45) is 0 Å². The van der Waals surface area contributed by atoms with Crippen molar-refractivity contribution < 1.29 is 22.4 Å². The van der Waals surface area contributed by atoms with E-state index >= 15 is 0 Å². The number of likely N-dealkylation sites (N-methyl/N-ethyl adjacent to an activating group) is 1. The van der Waals surface area contributed by atoms with Gasteiger partial charge in [0.25, 0.3) is 0 Å². The van der Waals surface area contributed by atoms with Crippen molar-refractivity contribution in [2.75, 3.05) is 24.2 Å². The van der Waals surface area contributed by atoms with Gasteiger partial charge in [0, 0.05) is 19.2 Å². The first-order valence-corrected chi connectivity index (χ1v) is 10.8. The highest BCUT2D eigenvalue weighted by Crippen LogP contribution is 2.19. The molecule has 0 fully saturated rings. The molecule has 1 atom stereocenters. The minimum absolute atomic E-state index is 0.174. The van der Waals surface area contributed by atoms with Crippen LogP contribution >= 0.6 is 0 Å². The number of nitrogens with zero attached hydrogens (tertiary/aromatic N) is 2. The zero-order valence-electron chi connectivity index (χ0n) is 16.5. The number of carbonyl (C=O) groups is 2. The minimum Gasteiger partial charge on any atom is -0.357 e. The molecule has 2 rings (SSSR count). The summed E-state index contributed by atoms with van der Waals surface area (Å²) in [5, 5.41) is 2.46. The fourth-order valence-corrected chi connectivity index (χ4v) is 3.66. The third-order valence-corrected chi connectivity index (χ3v) is 5.58. The van der Waals surface area contributed by atoms with E-state index in [4.69, 9.17) is 0 Å². The maximum atomic E-state index is 14.1. The fourth-order valence-electron chi connectivity index (χ4n) is 2.81. The number of para-hydroxylation sites is 1.